The van der Waals surface area contributed by atoms with Gasteiger partial charge in [-0.2, -0.15) is 0 Å². The minimum Gasteiger partial charge on any atom is -0.385 e. The van der Waals surface area contributed by atoms with Crippen molar-refractivity contribution in [2.24, 2.45) is 4.99 Å². The number of guanidine groups is 1. The van der Waals surface area contributed by atoms with Gasteiger partial charge in [0.2, 0.25) is 0 Å². The van der Waals surface area contributed by atoms with Crippen LogP contribution in [-0.4, -0.2) is 88.5 Å². The van der Waals surface area contributed by atoms with Gasteiger partial charge in [-0.15, -0.1) is 0 Å². The van der Waals surface area contributed by atoms with Gasteiger partial charge in [-0.05, 0) is 39.2 Å². The zero-order chi connectivity index (χ0) is 17.9. The standard InChI is InChI=1S/C19H38N4O2/c1-20-19(21-11-14-22(2)17-7-4-5-8-17)23-12-9-18(10-13-23)25-16-6-15-24-3/h17-18H,4-16H2,1-3H3,(H,20,21). The quantitative estimate of drug-likeness (QED) is 0.390. The van der Waals surface area contributed by atoms with Gasteiger partial charge >= 0.3 is 0 Å². The van der Waals surface area contributed by atoms with Crippen LogP contribution in [-0.2, 0) is 9.47 Å². The molecule has 2 fully saturated rings. The molecule has 0 unspecified atom stereocenters. The van der Waals surface area contributed by atoms with Crippen molar-refractivity contribution in [2.75, 3.05) is 60.6 Å². The molecule has 1 heterocycles. The van der Waals surface area contributed by atoms with E-state index in [0.29, 0.717) is 6.10 Å². The fourth-order valence-corrected chi connectivity index (χ4v) is 3.89. The van der Waals surface area contributed by atoms with Crippen LogP contribution in [0.2, 0.25) is 0 Å². The van der Waals surface area contributed by atoms with Gasteiger partial charge in [0.25, 0.3) is 0 Å². The number of rotatable bonds is 9. The Morgan fingerprint density at radius 1 is 1.16 bits per heavy atom. The number of hydrogen-bond donors (Lipinski definition) is 1. The Morgan fingerprint density at radius 3 is 2.52 bits per heavy atom. The van der Waals surface area contributed by atoms with E-state index in [1.165, 1.54) is 25.7 Å². The van der Waals surface area contributed by atoms with Crippen molar-refractivity contribution in [3.63, 3.8) is 0 Å². The van der Waals surface area contributed by atoms with Crippen LogP contribution in [0.15, 0.2) is 4.99 Å². The highest BCUT2D eigenvalue weighted by Gasteiger charge is 2.22. The number of likely N-dealkylation sites (tertiary alicyclic amines) is 1. The minimum atomic E-state index is 0.389. The molecule has 2 rings (SSSR count). The Kier molecular flexibility index (Phi) is 9.58. The van der Waals surface area contributed by atoms with Crippen LogP contribution < -0.4 is 5.32 Å². The predicted molar refractivity (Wildman–Crippen MR) is 103 cm³/mol. The van der Waals surface area contributed by atoms with Crippen LogP contribution in [0.1, 0.15) is 44.9 Å². The van der Waals surface area contributed by atoms with Crippen LogP contribution in [0.3, 0.4) is 0 Å². The first-order valence-electron chi connectivity index (χ1n) is 10.0. The fraction of sp³-hybridized carbons (Fsp3) is 0.947. The van der Waals surface area contributed by atoms with E-state index in [1.54, 1.807) is 7.11 Å². The highest BCUT2D eigenvalue weighted by molar-refractivity contribution is 5.79. The summed E-state index contributed by atoms with van der Waals surface area (Å²) < 4.78 is 11.0. The summed E-state index contributed by atoms with van der Waals surface area (Å²) in [7, 11) is 5.88. The van der Waals surface area contributed by atoms with Crippen LogP contribution in [0.5, 0.6) is 0 Å². The third-order valence-corrected chi connectivity index (χ3v) is 5.50. The maximum absolute atomic E-state index is 5.94. The zero-order valence-corrected chi connectivity index (χ0v) is 16.5. The Balaban J connectivity index is 1.61. The SMILES string of the molecule is CN=C(NCCN(C)C1CCCC1)N1CCC(OCCCOC)CC1. The molecule has 0 aromatic rings. The molecule has 0 aromatic heterocycles. The largest absolute Gasteiger partial charge is 0.385 e. The second kappa shape index (κ2) is 11.7. The van der Waals surface area contributed by atoms with Crippen molar-refractivity contribution in [3.05, 3.63) is 0 Å². The number of aliphatic imine (C=N–C) groups is 1. The summed E-state index contributed by atoms with van der Waals surface area (Å²) in [4.78, 5) is 9.35. The van der Waals surface area contributed by atoms with E-state index in [-0.39, 0.29) is 0 Å². The van der Waals surface area contributed by atoms with Gasteiger partial charge in [-0.25, -0.2) is 0 Å². The smallest absolute Gasteiger partial charge is 0.193 e. The minimum absolute atomic E-state index is 0.389. The Hall–Kier alpha value is -0.850. The van der Waals surface area contributed by atoms with E-state index >= 15 is 0 Å². The molecule has 146 valence electrons. The van der Waals surface area contributed by atoms with E-state index in [4.69, 9.17) is 9.47 Å². The maximum atomic E-state index is 5.94. The Labute approximate surface area is 153 Å². The molecule has 0 amide bonds. The maximum Gasteiger partial charge on any atom is 0.193 e. The monoisotopic (exact) mass is 354 g/mol. The summed E-state index contributed by atoms with van der Waals surface area (Å²) in [5.41, 5.74) is 0. The summed E-state index contributed by atoms with van der Waals surface area (Å²) in [6.45, 7) is 5.68. The lowest BCUT2D eigenvalue weighted by molar-refractivity contribution is 0.00989. The molecule has 6 nitrogen and oxygen atoms in total. The number of hydrogen-bond acceptors (Lipinski definition) is 4. The van der Waals surface area contributed by atoms with Crippen molar-refractivity contribution in [1.82, 2.24) is 15.1 Å². The molecular weight excluding hydrogens is 316 g/mol. The molecule has 1 N–H and O–H groups in total. The highest BCUT2D eigenvalue weighted by atomic mass is 16.5. The van der Waals surface area contributed by atoms with Gasteiger partial charge in [0, 0.05) is 59.6 Å². The molecular formula is C19H38N4O2. The molecule has 1 aliphatic carbocycles. The molecule has 0 atom stereocenters. The first-order valence-corrected chi connectivity index (χ1v) is 10.0. The molecule has 1 saturated heterocycles. The Bertz CT molecular complexity index is 378. The molecule has 2 aliphatic rings. The average Bonchev–Trinajstić information content (AvgIpc) is 3.18. The summed E-state index contributed by atoms with van der Waals surface area (Å²) in [5, 5.41) is 3.55. The van der Waals surface area contributed by atoms with Gasteiger partial charge in [-0.3, -0.25) is 4.99 Å². The molecule has 0 aromatic carbocycles. The molecule has 0 bridgehead atoms. The van der Waals surface area contributed by atoms with E-state index < -0.39 is 0 Å². The van der Waals surface area contributed by atoms with Crippen LogP contribution in [0, 0.1) is 0 Å². The highest BCUT2D eigenvalue weighted by Crippen LogP contribution is 2.21. The second-order valence-electron chi connectivity index (χ2n) is 7.30. The molecule has 6 heteroatoms. The first kappa shape index (κ1) is 20.5. The van der Waals surface area contributed by atoms with Gasteiger partial charge < -0.3 is 24.6 Å². The van der Waals surface area contributed by atoms with Crippen LogP contribution >= 0.6 is 0 Å². The van der Waals surface area contributed by atoms with Crippen molar-refractivity contribution in [2.45, 2.75) is 57.1 Å². The van der Waals surface area contributed by atoms with Crippen LogP contribution in [0.25, 0.3) is 0 Å². The number of likely N-dealkylation sites (N-methyl/N-ethyl adjacent to an activating group) is 1. The van der Waals surface area contributed by atoms with Crippen molar-refractivity contribution >= 4 is 5.96 Å². The lowest BCUT2D eigenvalue weighted by Crippen LogP contribution is -2.48. The first-order chi connectivity index (χ1) is 12.2. The van der Waals surface area contributed by atoms with Crippen molar-refractivity contribution in [1.29, 1.82) is 0 Å². The summed E-state index contributed by atoms with van der Waals surface area (Å²) in [5.74, 6) is 1.04. The number of nitrogens with zero attached hydrogens (tertiary/aromatic N) is 3. The second-order valence-corrected chi connectivity index (χ2v) is 7.30. The molecule has 1 aliphatic heterocycles. The van der Waals surface area contributed by atoms with E-state index in [9.17, 15) is 0 Å². The third-order valence-electron chi connectivity index (χ3n) is 5.50. The zero-order valence-electron chi connectivity index (χ0n) is 16.5. The van der Waals surface area contributed by atoms with Gasteiger partial charge in [0.05, 0.1) is 6.10 Å². The molecule has 0 spiro atoms. The topological polar surface area (TPSA) is 49.3 Å². The number of ether oxygens (including phenoxy) is 2. The number of methoxy groups -OCH3 is 1. The normalized spacial score (nSPS) is 20.6. The van der Waals surface area contributed by atoms with Crippen molar-refractivity contribution < 1.29 is 9.47 Å². The average molecular weight is 355 g/mol. The van der Waals surface area contributed by atoms with Gasteiger partial charge in [-0.1, -0.05) is 12.8 Å². The number of nitrogens with one attached hydrogen (secondary N) is 1. The Morgan fingerprint density at radius 2 is 1.88 bits per heavy atom. The van der Waals surface area contributed by atoms with Crippen LogP contribution in [0.4, 0.5) is 0 Å². The molecule has 1 saturated carbocycles. The lowest BCUT2D eigenvalue weighted by Gasteiger charge is -2.34. The van der Waals surface area contributed by atoms with Crippen molar-refractivity contribution in [3.8, 4) is 0 Å². The van der Waals surface area contributed by atoms with E-state index in [0.717, 1.165) is 70.7 Å². The number of piperidine rings is 1. The van der Waals surface area contributed by atoms with Gasteiger partial charge in [0.15, 0.2) is 5.96 Å². The van der Waals surface area contributed by atoms with E-state index in [1.807, 2.05) is 7.05 Å². The summed E-state index contributed by atoms with van der Waals surface area (Å²) in [6.07, 6.45) is 9.05. The fourth-order valence-electron chi connectivity index (χ4n) is 3.89. The third kappa shape index (κ3) is 7.12. The predicted octanol–water partition coefficient (Wildman–Crippen LogP) is 1.95. The summed E-state index contributed by atoms with van der Waals surface area (Å²) in [6, 6.07) is 0.787. The molecule has 25 heavy (non-hydrogen) atoms. The summed E-state index contributed by atoms with van der Waals surface area (Å²) >= 11 is 0. The lowest BCUT2D eigenvalue weighted by atomic mass is 10.1. The molecule has 0 radical (unpaired) electrons. The van der Waals surface area contributed by atoms with E-state index in [2.05, 4.69) is 27.2 Å². The van der Waals surface area contributed by atoms with Gasteiger partial charge in [0.1, 0.15) is 0 Å².